The molecule has 0 radical (unpaired) electrons. The van der Waals surface area contributed by atoms with Crippen molar-refractivity contribution in [2.45, 2.75) is 45.1 Å². The number of hydrogen-bond acceptors (Lipinski definition) is 3. The van der Waals surface area contributed by atoms with Gasteiger partial charge in [0, 0.05) is 31.4 Å². The van der Waals surface area contributed by atoms with E-state index in [-0.39, 0.29) is 23.4 Å². The molecule has 0 atom stereocenters. The van der Waals surface area contributed by atoms with Gasteiger partial charge in [-0.05, 0) is 37.2 Å². The van der Waals surface area contributed by atoms with Crippen LogP contribution in [0.3, 0.4) is 0 Å². The summed E-state index contributed by atoms with van der Waals surface area (Å²) in [6.07, 6.45) is 4.85. The Morgan fingerprint density at radius 1 is 1.33 bits per heavy atom. The molecule has 0 spiro atoms. The third-order valence-electron chi connectivity index (χ3n) is 4.48. The number of nitrogens with zero attached hydrogens (tertiary/aromatic N) is 1. The van der Waals surface area contributed by atoms with Crippen molar-refractivity contribution >= 4 is 5.91 Å². The summed E-state index contributed by atoms with van der Waals surface area (Å²) in [7, 11) is 1.64. The van der Waals surface area contributed by atoms with Crippen LogP contribution < -0.4 is 10.9 Å². The first-order valence-electron chi connectivity index (χ1n) is 7.38. The summed E-state index contributed by atoms with van der Waals surface area (Å²) < 4.78 is 1.41. The summed E-state index contributed by atoms with van der Waals surface area (Å²) in [6.45, 7) is 4.63. The van der Waals surface area contributed by atoms with Crippen LogP contribution in [-0.2, 0) is 7.05 Å². The largest absolute Gasteiger partial charge is 0.388 e. The fourth-order valence-electron chi connectivity index (χ4n) is 2.61. The van der Waals surface area contributed by atoms with Crippen LogP contribution >= 0.6 is 0 Å². The molecule has 2 N–H and O–H groups in total. The molecule has 1 aromatic rings. The molecule has 0 saturated heterocycles. The Bertz CT molecular complexity index is 579. The van der Waals surface area contributed by atoms with Crippen molar-refractivity contribution < 1.29 is 9.90 Å². The van der Waals surface area contributed by atoms with Crippen LogP contribution in [0.15, 0.2) is 23.1 Å². The summed E-state index contributed by atoms with van der Waals surface area (Å²) in [4.78, 5) is 23.6. The number of aryl methyl sites for hydroxylation is 1. The highest BCUT2D eigenvalue weighted by atomic mass is 16.3. The molecule has 116 valence electrons. The van der Waals surface area contributed by atoms with Crippen molar-refractivity contribution in [3.05, 3.63) is 34.2 Å². The van der Waals surface area contributed by atoms with Crippen molar-refractivity contribution in [2.75, 3.05) is 6.54 Å². The minimum absolute atomic E-state index is 0.222. The fraction of sp³-hybridized carbons (Fsp3) is 0.625. The summed E-state index contributed by atoms with van der Waals surface area (Å²) in [5.41, 5.74) is -0.453. The lowest BCUT2D eigenvalue weighted by Gasteiger charge is -2.40. The predicted octanol–water partition coefficient (Wildman–Crippen LogP) is 1.45. The maximum atomic E-state index is 12.1. The first kappa shape index (κ1) is 15.8. The lowest BCUT2D eigenvalue weighted by atomic mass is 9.71. The van der Waals surface area contributed by atoms with Gasteiger partial charge in [0.1, 0.15) is 0 Å². The molecule has 1 saturated carbocycles. The molecule has 1 aliphatic carbocycles. The fourth-order valence-corrected chi connectivity index (χ4v) is 2.61. The average molecular weight is 292 g/mol. The molecule has 0 unspecified atom stereocenters. The van der Waals surface area contributed by atoms with Gasteiger partial charge in [-0.2, -0.15) is 0 Å². The van der Waals surface area contributed by atoms with Gasteiger partial charge in [-0.25, -0.2) is 0 Å². The van der Waals surface area contributed by atoms with Crippen LogP contribution in [0, 0.1) is 5.41 Å². The van der Waals surface area contributed by atoms with Crippen molar-refractivity contribution in [2.24, 2.45) is 12.5 Å². The zero-order chi connectivity index (χ0) is 15.7. The molecule has 1 fully saturated rings. The highest BCUT2D eigenvalue weighted by Crippen LogP contribution is 2.39. The molecule has 0 bridgehead atoms. The van der Waals surface area contributed by atoms with Crippen LogP contribution in [-0.4, -0.2) is 27.7 Å². The number of carbonyl (C=O) groups is 1. The van der Waals surface area contributed by atoms with E-state index >= 15 is 0 Å². The second-order valence-corrected chi connectivity index (χ2v) is 6.94. The van der Waals surface area contributed by atoms with Crippen molar-refractivity contribution in [1.29, 1.82) is 0 Å². The topological polar surface area (TPSA) is 71.3 Å². The van der Waals surface area contributed by atoms with E-state index in [0.717, 1.165) is 12.8 Å². The van der Waals surface area contributed by atoms with E-state index in [2.05, 4.69) is 19.2 Å². The number of aliphatic hydroxyl groups is 1. The molecular formula is C16H24N2O3. The van der Waals surface area contributed by atoms with Crippen molar-refractivity contribution in [1.82, 2.24) is 9.88 Å². The van der Waals surface area contributed by atoms with E-state index in [1.807, 2.05) is 0 Å². The van der Waals surface area contributed by atoms with Gasteiger partial charge in [0.2, 0.25) is 0 Å². The second-order valence-electron chi connectivity index (χ2n) is 6.94. The van der Waals surface area contributed by atoms with Crippen LogP contribution in [0.1, 0.15) is 49.9 Å². The van der Waals surface area contributed by atoms with E-state index in [9.17, 15) is 14.7 Å². The minimum atomic E-state index is -0.828. The number of rotatable bonds is 3. The maximum Gasteiger partial charge on any atom is 0.251 e. The highest BCUT2D eigenvalue weighted by molar-refractivity contribution is 5.94. The molecular weight excluding hydrogens is 268 g/mol. The minimum Gasteiger partial charge on any atom is -0.388 e. The summed E-state index contributed by atoms with van der Waals surface area (Å²) in [5.74, 6) is -0.314. The Morgan fingerprint density at radius 3 is 2.52 bits per heavy atom. The smallest absolute Gasteiger partial charge is 0.251 e. The number of pyridine rings is 1. The van der Waals surface area contributed by atoms with Gasteiger partial charge in [-0.15, -0.1) is 0 Å². The normalized spacial score (nSPS) is 20.0. The van der Waals surface area contributed by atoms with Crippen molar-refractivity contribution in [3.63, 3.8) is 0 Å². The van der Waals surface area contributed by atoms with E-state index in [0.29, 0.717) is 18.4 Å². The summed E-state index contributed by atoms with van der Waals surface area (Å²) in [5, 5.41) is 13.3. The quantitative estimate of drug-likeness (QED) is 0.885. The Kier molecular flexibility index (Phi) is 4.23. The van der Waals surface area contributed by atoms with Crippen LogP contribution in [0.5, 0.6) is 0 Å². The molecule has 5 nitrogen and oxygen atoms in total. The van der Waals surface area contributed by atoms with E-state index in [4.69, 9.17) is 0 Å². The summed E-state index contributed by atoms with van der Waals surface area (Å²) in [6, 6.07) is 2.91. The molecule has 0 aromatic carbocycles. The van der Waals surface area contributed by atoms with Gasteiger partial charge in [0.05, 0.1) is 5.60 Å². The second kappa shape index (κ2) is 5.64. The molecule has 1 aromatic heterocycles. The zero-order valence-electron chi connectivity index (χ0n) is 13.0. The Labute approximate surface area is 125 Å². The lowest BCUT2D eigenvalue weighted by molar-refractivity contribution is -0.0233. The molecule has 0 aliphatic heterocycles. The Balaban J connectivity index is 1.95. The number of hydrogen-bond donors (Lipinski definition) is 2. The van der Waals surface area contributed by atoms with Crippen molar-refractivity contribution in [3.8, 4) is 0 Å². The predicted molar refractivity (Wildman–Crippen MR) is 81.2 cm³/mol. The number of carbonyl (C=O) groups excluding carboxylic acids is 1. The first-order valence-corrected chi connectivity index (χ1v) is 7.38. The highest BCUT2D eigenvalue weighted by Gasteiger charge is 2.36. The molecule has 2 rings (SSSR count). The lowest BCUT2D eigenvalue weighted by Crippen LogP contribution is -2.46. The van der Waals surface area contributed by atoms with Crippen LogP contribution in [0.25, 0.3) is 0 Å². The monoisotopic (exact) mass is 292 g/mol. The Morgan fingerprint density at radius 2 is 1.95 bits per heavy atom. The van der Waals surface area contributed by atoms with Gasteiger partial charge in [-0.3, -0.25) is 9.59 Å². The number of nitrogens with one attached hydrogen (secondary N) is 1. The molecule has 1 amide bonds. The van der Waals surface area contributed by atoms with Crippen LogP contribution in [0.2, 0.25) is 0 Å². The first-order chi connectivity index (χ1) is 9.71. The average Bonchev–Trinajstić information content (AvgIpc) is 2.43. The third-order valence-corrected chi connectivity index (χ3v) is 4.48. The van der Waals surface area contributed by atoms with Gasteiger partial charge in [0.15, 0.2) is 0 Å². The third kappa shape index (κ3) is 3.94. The Hall–Kier alpha value is -1.62. The van der Waals surface area contributed by atoms with E-state index < -0.39 is 5.60 Å². The van der Waals surface area contributed by atoms with Gasteiger partial charge in [0.25, 0.3) is 11.5 Å². The van der Waals surface area contributed by atoms with E-state index in [1.54, 1.807) is 19.3 Å². The maximum absolute atomic E-state index is 12.1. The molecule has 1 aliphatic rings. The number of aromatic nitrogens is 1. The standard InChI is InChI=1S/C16H24N2O3/c1-15(2)5-7-16(21,8-6-15)11-17-14(20)12-4-9-18(3)13(19)10-12/h4,9-10,21H,5-8,11H2,1-3H3,(H,17,20). The van der Waals surface area contributed by atoms with Gasteiger partial charge >= 0.3 is 0 Å². The molecule has 21 heavy (non-hydrogen) atoms. The number of amides is 1. The molecule has 5 heteroatoms. The van der Waals surface area contributed by atoms with Gasteiger partial charge in [-0.1, -0.05) is 13.8 Å². The summed E-state index contributed by atoms with van der Waals surface area (Å²) >= 11 is 0. The SMILES string of the molecule is Cn1ccc(C(=O)NCC2(O)CCC(C)(C)CC2)cc1=O. The zero-order valence-corrected chi connectivity index (χ0v) is 13.0. The van der Waals surface area contributed by atoms with Crippen LogP contribution in [0.4, 0.5) is 0 Å². The van der Waals surface area contributed by atoms with E-state index in [1.165, 1.54) is 10.6 Å². The molecule has 1 heterocycles. The van der Waals surface area contributed by atoms with Gasteiger partial charge < -0.3 is 15.0 Å².